The molecule has 0 aliphatic heterocycles. The summed E-state index contributed by atoms with van der Waals surface area (Å²) >= 11 is 0. The number of rotatable bonds is 2. The Bertz CT molecular complexity index is 87.0. The molecule has 0 spiro atoms. The predicted molar refractivity (Wildman–Crippen MR) is 26.7 cm³/mol. The van der Waals surface area contributed by atoms with Crippen molar-refractivity contribution in [1.82, 2.24) is 5.17 Å². The van der Waals surface area contributed by atoms with E-state index in [1.54, 1.807) is 0 Å². The number of nitrogens with one attached hydrogen (secondary N) is 1. The van der Waals surface area contributed by atoms with Crippen molar-refractivity contribution in [2.24, 2.45) is 5.22 Å². The Morgan fingerprint density at radius 3 is 2.12 bits per heavy atom. The molecule has 0 aromatic rings. The Morgan fingerprint density at radius 2 is 2.12 bits per heavy atom. The molecule has 8 heavy (non-hydrogen) atoms. The third-order valence-electron chi connectivity index (χ3n) is 0.559. The van der Waals surface area contributed by atoms with Crippen LogP contribution in [0.5, 0.6) is 0 Å². The maximum absolute atomic E-state index is 10.1. The minimum Gasteiger partial charge on any atom is -0.738 e. The van der Waals surface area contributed by atoms with Gasteiger partial charge in [0.05, 0.1) is 0 Å². The van der Waals surface area contributed by atoms with Crippen molar-refractivity contribution in [1.29, 1.82) is 5.53 Å². The van der Waals surface area contributed by atoms with Crippen LogP contribution >= 0.6 is 0 Å². The van der Waals surface area contributed by atoms with Gasteiger partial charge < -0.3 is 15.5 Å². The molecule has 0 radical (unpaired) electrons. The number of hydrogen-bond acceptors (Lipinski definition) is 4. The molecule has 0 aromatic carbocycles. The van der Waals surface area contributed by atoms with Gasteiger partial charge in [0, 0.05) is 0 Å². The first kappa shape index (κ1) is 7.32. The Morgan fingerprint density at radius 1 is 1.75 bits per heavy atom. The van der Waals surface area contributed by atoms with Crippen LogP contribution in [0.2, 0.25) is 0 Å². The van der Waals surface area contributed by atoms with Crippen molar-refractivity contribution in [3.8, 4) is 0 Å². The summed E-state index contributed by atoms with van der Waals surface area (Å²) in [7, 11) is 0. The lowest BCUT2D eigenvalue weighted by molar-refractivity contribution is -0.0548. The maximum atomic E-state index is 10.1. The van der Waals surface area contributed by atoms with Gasteiger partial charge in [0.25, 0.3) is 0 Å². The highest BCUT2D eigenvalue weighted by Crippen LogP contribution is 2.06. The van der Waals surface area contributed by atoms with E-state index >= 15 is 0 Å². The van der Waals surface area contributed by atoms with E-state index in [1.165, 1.54) is 13.8 Å². The molecule has 0 aliphatic carbocycles. The molecule has 0 atom stereocenters. The van der Waals surface area contributed by atoms with E-state index in [4.69, 9.17) is 10.6 Å². The smallest absolute Gasteiger partial charge is 0.138 e. The zero-order valence-corrected chi connectivity index (χ0v) is 4.75. The number of nitrogens with zero attached hydrogens (tertiary/aromatic N) is 2. The summed E-state index contributed by atoms with van der Waals surface area (Å²) in [6, 6.07) is 0. The summed E-state index contributed by atoms with van der Waals surface area (Å²) in [5.41, 5.74) is 4.57. The van der Waals surface area contributed by atoms with E-state index in [2.05, 4.69) is 5.22 Å². The van der Waals surface area contributed by atoms with Crippen LogP contribution in [-0.2, 0) is 0 Å². The van der Waals surface area contributed by atoms with Gasteiger partial charge >= 0.3 is 0 Å². The second-order valence-corrected chi connectivity index (χ2v) is 1.87. The number of hydroxylamine groups is 1. The van der Waals surface area contributed by atoms with Crippen LogP contribution < -0.4 is 0 Å². The fraction of sp³-hybridized carbons (Fsp3) is 1.00. The summed E-state index contributed by atoms with van der Waals surface area (Å²) in [6.07, 6.45) is 0. The van der Waals surface area contributed by atoms with Gasteiger partial charge in [-0.15, -0.1) is 0 Å². The minimum absolute atomic E-state index is 0.0903. The van der Waals surface area contributed by atoms with Crippen molar-refractivity contribution < 1.29 is 5.11 Å². The fourth-order valence-corrected chi connectivity index (χ4v) is 0.122. The highest BCUT2D eigenvalue weighted by molar-refractivity contribution is 4.62. The van der Waals surface area contributed by atoms with E-state index in [9.17, 15) is 5.21 Å². The van der Waals surface area contributed by atoms with E-state index in [0.717, 1.165) is 0 Å². The van der Waals surface area contributed by atoms with Gasteiger partial charge in [0.2, 0.25) is 0 Å². The van der Waals surface area contributed by atoms with Crippen LogP contribution in [0, 0.1) is 10.7 Å². The summed E-state index contributed by atoms with van der Waals surface area (Å²) in [5.74, 6) is 0. The van der Waals surface area contributed by atoms with Gasteiger partial charge in [-0.05, 0) is 13.8 Å². The van der Waals surface area contributed by atoms with Crippen molar-refractivity contribution in [2.45, 2.75) is 19.6 Å². The highest BCUT2D eigenvalue weighted by Gasteiger charge is 2.12. The van der Waals surface area contributed by atoms with Crippen LogP contribution in [0.25, 0.3) is 0 Å². The van der Waals surface area contributed by atoms with Crippen LogP contribution in [-0.4, -0.2) is 16.0 Å². The van der Waals surface area contributed by atoms with E-state index in [-0.39, 0.29) is 5.17 Å². The molecule has 0 aliphatic rings. The van der Waals surface area contributed by atoms with Crippen LogP contribution in [0.4, 0.5) is 0 Å². The zero-order valence-electron chi connectivity index (χ0n) is 4.75. The quantitative estimate of drug-likeness (QED) is 0.314. The van der Waals surface area contributed by atoms with Crippen molar-refractivity contribution >= 4 is 0 Å². The Balaban J connectivity index is 3.80. The topological polar surface area (TPSA) is 82.7 Å². The normalized spacial score (nSPS) is 11.0. The van der Waals surface area contributed by atoms with Gasteiger partial charge in [-0.1, -0.05) is 5.22 Å². The van der Waals surface area contributed by atoms with Crippen LogP contribution in [0.3, 0.4) is 0 Å². The molecule has 0 bridgehead atoms. The molecule has 5 nitrogen and oxygen atoms in total. The summed E-state index contributed by atoms with van der Waals surface area (Å²) in [5, 5.41) is 21.2. The minimum atomic E-state index is -1.57. The second-order valence-electron chi connectivity index (χ2n) is 1.87. The molecular weight excluding hydrogens is 110 g/mol. The van der Waals surface area contributed by atoms with Gasteiger partial charge in [0.1, 0.15) is 5.72 Å². The van der Waals surface area contributed by atoms with Gasteiger partial charge in [-0.25, -0.2) is 0 Å². The van der Waals surface area contributed by atoms with Crippen LogP contribution in [0.1, 0.15) is 13.8 Å². The van der Waals surface area contributed by atoms with E-state index in [0.29, 0.717) is 0 Å². The molecule has 0 rings (SSSR count). The zero-order chi connectivity index (χ0) is 6.78. The van der Waals surface area contributed by atoms with E-state index in [1.807, 2.05) is 0 Å². The molecule has 5 heteroatoms. The Hall–Kier alpha value is -0.680. The number of hydrogen-bond donors (Lipinski definition) is 2. The average Bonchev–Trinajstić information content (AvgIpc) is 1.62. The van der Waals surface area contributed by atoms with E-state index < -0.39 is 5.72 Å². The first-order chi connectivity index (χ1) is 3.48. The Labute approximate surface area is 47.0 Å². The summed E-state index contributed by atoms with van der Waals surface area (Å²) in [4.78, 5) is 0. The molecule has 0 aromatic heterocycles. The van der Waals surface area contributed by atoms with Gasteiger partial charge in [0.15, 0.2) is 0 Å². The maximum Gasteiger partial charge on any atom is 0.138 e. The molecule has 2 N–H and O–H groups in total. The average molecular weight is 118 g/mol. The fourth-order valence-electron chi connectivity index (χ4n) is 0.122. The predicted octanol–water partition coefficient (Wildman–Crippen LogP) is 0.461. The van der Waals surface area contributed by atoms with Gasteiger partial charge in [-0.2, -0.15) is 5.53 Å². The van der Waals surface area contributed by atoms with Gasteiger partial charge in [-0.3, -0.25) is 0 Å². The number of aliphatic hydroxyl groups is 1. The second kappa shape index (κ2) is 2.06. The third kappa shape index (κ3) is 1.85. The molecule has 0 amide bonds. The summed E-state index contributed by atoms with van der Waals surface area (Å²) in [6.45, 7) is 2.50. The SMILES string of the molecule is CC(C)(O)N([O-])N=N. The third-order valence-corrected chi connectivity index (χ3v) is 0.559. The van der Waals surface area contributed by atoms with Crippen molar-refractivity contribution in [3.63, 3.8) is 0 Å². The lowest BCUT2D eigenvalue weighted by atomic mass is 10.3. The molecule has 0 saturated heterocycles. The Kier molecular flexibility index (Phi) is 1.88. The molecule has 0 heterocycles. The standard InChI is InChI=1S/C3H8N3O2/c1-3(2,7)6(8)5-4/h4,7H,1-2H3/q-1. The molecule has 0 unspecified atom stereocenters. The largest absolute Gasteiger partial charge is 0.738 e. The van der Waals surface area contributed by atoms with Crippen molar-refractivity contribution in [2.75, 3.05) is 0 Å². The molecule has 48 valence electrons. The van der Waals surface area contributed by atoms with Crippen molar-refractivity contribution in [3.05, 3.63) is 5.21 Å². The first-order valence-electron chi connectivity index (χ1n) is 2.05. The molecule has 0 fully saturated rings. The summed E-state index contributed by atoms with van der Waals surface area (Å²) < 4.78 is 0. The first-order valence-corrected chi connectivity index (χ1v) is 2.05. The lowest BCUT2D eigenvalue weighted by Crippen LogP contribution is -2.34. The molecular formula is C3H8N3O2-. The highest BCUT2D eigenvalue weighted by atomic mass is 16.6. The monoisotopic (exact) mass is 118 g/mol. The lowest BCUT2D eigenvalue weighted by Gasteiger charge is -2.34. The van der Waals surface area contributed by atoms with Crippen LogP contribution in [0.15, 0.2) is 5.22 Å². The molecule has 0 saturated carbocycles.